The lowest BCUT2D eigenvalue weighted by Crippen LogP contribution is -2.59. The second-order valence-corrected chi connectivity index (χ2v) is 33.6. The summed E-state index contributed by atoms with van der Waals surface area (Å²) in [7, 11) is 0. The van der Waals surface area contributed by atoms with Crippen molar-refractivity contribution in [3.05, 3.63) is 0 Å². The van der Waals surface area contributed by atoms with Gasteiger partial charge in [-0.2, -0.15) is 0 Å². The molecule has 16 saturated carbocycles. The molecule has 2 unspecified atom stereocenters. The molecule has 584 valence electrons. The van der Waals surface area contributed by atoms with Gasteiger partial charge in [0.05, 0.1) is 22.7 Å². The summed E-state index contributed by atoms with van der Waals surface area (Å²) in [5.74, 6) is 7.66. The lowest BCUT2D eigenvalue weighted by atomic mass is 9.49. The Morgan fingerprint density at radius 3 is 0.720 bits per heavy atom. The van der Waals surface area contributed by atoms with E-state index in [4.69, 9.17) is 37.9 Å². The molecule has 16 fully saturated rings. The summed E-state index contributed by atoms with van der Waals surface area (Å²) in [6.45, 7) is 26.2. The minimum Gasteiger partial charge on any atom is -0.456 e. The van der Waals surface area contributed by atoms with E-state index in [2.05, 4.69) is 27.7 Å². The molecule has 0 N–H and O–H groups in total. The summed E-state index contributed by atoms with van der Waals surface area (Å²) in [6, 6.07) is 0. The van der Waals surface area contributed by atoms with Crippen molar-refractivity contribution in [2.45, 2.75) is 346 Å². The highest BCUT2D eigenvalue weighted by Gasteiger charge is 2.62. The number of rotatable bonds is 22. The summed E-state index contributed by atoms with van der Waals surface area (Å²) in [5.41, 5.74) is -2.40. The summed E-state index contributed by atoms with van der Waals surface area (Å²) >= 11 is 0. The molecule has 0 radical (unpaired) electrons. The van der Waals surface area contributed by atoms with Crippen LogP contribution < -0.4 is 0 Å². The van der Waals surface area contributed by atoms with Crippen molar-refractivity contribution in [2.75, 3.05) is 26.4 Å². The maximum atomic E-state index is 12.4. The second-order valence-electron chi connectivity index (χ2n) is 33.6. The van der Waals surface area contributed by atoms with Crippen LogP contribution in [0.4, 0.5) is 0 Å². The quantitative estimate of drug-likeness (QED) is 0.0729. The molecule has 0 aromatic rings. The number of esters is 8. The van der Waals surface area contributed by atoms with Crippen molar-refractivity contribution in [2.24, 2.45) is 117 Å². The van der Waals surface area contributed by atoms with Crippen LogP contribution in [0.25, 0.3) is 0 Å². The summed E-state index contributed by atoms with van der Waals surface area (Å²) in [6.07, 6.45) is 29.3. The first kappa shape index (κ1) is 93.8. The molecule has 16 heteroatoms. The number of carbonyl (C=O) groups is 8. The van der Waals surface area contributed by atoms with Crippen LogP contribution in [0.1, 0.15) is 323 Å². The molecule has 0 saturated heterocycles. The van der Waals surface area contributed by atoms with Gasteiger partial charge in [-0.15, -0.1) is 0 Å². The normalized spacial score (nSPS) is 35.7. The summed E-state index contributed by atoms with van der Waals surface area (Å²) in [4.78, 5) is 96.6. The molecule has 0 aliphatic heterocycles. The molecule has 16 aliphatic carbocycles. The molecule has 100 heavy (non-hydrogen) atoms. The molecule has 16 nitrogen and oxygen atoms in total. The Balaban J connectivity index is 0.000000650. The Hall–Kier alpha value is -4.24. The van der Waals surface area contributed by atoms with Gasteiger partial charge in [0.1, 0.15) is 22.4 Å². The Labute approximate surface area is 610 Å². The molecule has 0 aromatic carbocycles. The molecular weight excluding hydrogens is 1260 g/mol. The highest BCUT2D eigenvalue weighted by Crippen LogP contribution is 2.64. The van der Waals surface area contributed by atoms with Crippen LogP contribution in [-0.2, 0) is 76.3 Å². The van der Waals surface area contributed by atoms with Crippen LogP contribution in [0.5, 0.6) is 0 Å². The maximum Gasteiger partial charge on any atom is 0.344 e. The van der Waals surface area contributed by atoms with Gasteiger partial charge in [0, 0.05) is 0 Å². The monoisotopic (exact) mass is 1420 g/mol. The molecule has 0 amide bonds. The zero-order valence-electron chi connectivity index (χ0n) is 59.1. The molecule has 16 rings (SSSR count). The molecule has 16 bridgehead atoms. The Morgan fingerprint density at radius 1 is 0.320 bits per heavy atom. The SMILES string of the molecule is C.C.C.C.C.C.C.C.CCC(C)(C)C(=O)OCC(=O)OC1(C)C2CC3CC(C2)CC1C3.CCC(C)(C)C(=O)OCC(=O)OC1(CC)C2CC3CC(C2)CC1C3.CCC(C)C(=O)OCC(=O)OC1(C)C2CC3CC(C2)CC1C3.CCC(C)C(=O)OCC(=O)OC1(CC)C2CC3CC(C2)CC1C3. The molecule has 0 spiro atoms. The minimum atomic E-state index is -0.550. The van der Waals surface area contributed by atoms with E-state index in [0.29, 0.717) is 60.2 Å². The molecule has 0 heterocycles. The van der Waals surface area contributed by atoms with E-state index in [-0.39, 0.29) is 168 Å². The van der Waals surface area contributed by atoms with Crippen molar-refractivity contribution >= 4 is 47.8 Å². The first-order chi connectivity index (χ1) is 43.4. The lowest BCUT2D eigenvalue weighted by molar-refractivity contribution is -0.215. The Kier molecular flexibility index (Phi) is 35.8. The average molecular weight is 1420 g/mol. The van der Waals surface area contributed by atoms with Gasteiger partial charge in [-0.1, -0.05) is 115 Å². The Bertz CT molecular complexity index is 2520. The van der Waals surface area contributed by atoms with Gasteiger partial charge >= 0.3 is 47.8 Å². The van der Waals surface area contributed by atoms with Crippen molar-refractivity contribution in [1.29, 1.82) is 0 Å². The van der Waals surface area contributed by atoms with Gasteiger partial charge in [-0.25, -0.2) is 19.2 Å². The summed E-state index contributed by atoms with van der Waals surface area (Å²) in [5, 5.41) is 0. The van der Waals surface area contributed by atoms with Gasteiger partial charge in [-0.3, -0.25) is 19.2 Å². The first-order valence-corrected chi connectivity index (χ1v) is 37.0. The molecule has 16 aliphatic rings. The van der Waals surface area contributed by atoms with Crippen LogP contribution in [0, 0.1) is 117 Å². The van der Waals surface area contributed by atoms with Crippen LogP contribution in [0.2, 0.25) is 0 Å². The van der Waals surface area contributed by atoms with E-state index in [1.54, 1.807) is 0 Å². The smallest absolute Gasteiger partial charge is 0.344 e. The Morgan fingerprint density at radius 2 is 0.520 bits per heavy atom. The van der Waals surface area contributed by atoms with Crippen molar-refractivity contribution < 1.29 is 76.3 Å². The third-order valence-corrected chi connectivity index (χ3v) is 27.1. The largest absolute Gasteiger partial charge is 0.456 e. The number of ether oxygens (including phenoxy) is 8. The zero-order chi connectivity index (χ0) is 66.9. The predicted molar refractivity (Wildman–Crippen MR) is 400 cm³/mol. The minimum absolute atomic E-state index is 0. The average Bonchev–Trinajstić information content (AvgIpc) is 0.750. The number of hydrogen-bond acceptors (Lipinski definition) is 16. The van der Waals surface area contributed by atoms with Crippen molar-refractivity contribution in [1.82, 2.24) is 0 Å². The van der Waals surface area contributed by atoms with Crippen LogP contribution in [-0.4, -0.2) is 96.6 Å². The highest BCUT2D eigenvalue weighted by atomic mass is 16.6. The van der Waals surface area contributed by atoms with Crippen LogP contribution in [0.3, 0.4) is 0 Å². The fourth-order valence-electron chi connectivity index (χ4n) is 21.0. The van der Waals surface area contributed by atoms with Crippen LogP contribution in [0.15, 0.2) is 0 Å². The van der Waals surface area contributed by atoms with Crippen molar-refractivity contribution in [3.8, 4) is 0 Å². The van der Waals surface area contributed by atoms with E-state index < -0.39 is 10.8 Å². The third-order valence-electron chi connectivity index (χ3n) is 27.1. The van der Waals surface area contributed by atoms with E-state index in [1.165, 1.54) is 128 Å². The molecular formula is C84H152O16. The molecule has 2 atom stereocenters. The second kappa shape index (κ2) is 38.2. The fraction of sp³-hybridized carbons (Fsp3) is 0.905. The third kappa shape index (κ3) is 20.2. The summed E-state index contributed by atoms with van der Waals surface area (Å²) < 4.78 is 44.4. The van der Waals surface area contributed by atoms with E-state index in [9.17, 15) is 38.4 Å². The molecule has 0 aromatic heterocycles. The predicted octanol–water partition coefficient (Wildman–Crippen LogP) is 20.0. The van der Waals surface area contributed by atoms with E-state index in [0.717, 1.165) is 73.0 Å². The standard InChI is InChI=1S/C20H32O4.2C19H30O4.C18H28O4.8CH4/c1-5-19(3,4)18(22)23-12-17(21)24-20(6-2)15-8-13-7-14(10-15)11-16(20)9-13;1-5-18(2,3)17(21)22-11-16(20)23-19(4)14-7-12-6-13(9-14)10-15(19)8-12;1-4-12(3)18(21)22-11-17(20)23-19(5-2)15-7-13-6-14(9-15)10-16(19)8-13;1-4-11(2)17(20)21-10-16(19)22-18(3)14-6-12-5-13(8-14)9-15(18)7-12;;;;;;;;/h13-16H,5-12H2,1-4H3;12-15H,5-11H2,1-4H3;12-16H,4-11H2,1-3H3;11-15H,4-10H2,1-3H3;8*1H4. The van der Waals surface area contributed by atoms with Gasteiger partial charge in [0.2, 0.25) is 0 Å². The van der Waals surface area contributed by atoms with Gasteiger partial charge < -0.3 is 37.9 Å². The fourth-order valence-corrected chi connectivity index (χ4v) is 21.0. The van der Waals surface area contributed by atoms with Gasteiger partial charge in [0.15, 0.2) is 26.4 Å². The maximum absolute atomic E-state index is 12.4. The lowest BCUT2D eigenvalue weighted by Gasteiger charge is -2.60. The number of carbonyl (C=O) groups excluding carboxylic acids is 8. The van der Waals surface area contributed by atoms with Gasteiger partial charge in [0.25, 0.3) is 0 Å². The number of hydrogen-bond donors (Lipinski definition) is 0. The zero-order valence-corrected chi connectivity index (χ0v) is 59.1. The van der Waals surface area contributed by atoms with Crippen molar-refractivity contribution in [3.63, 3.8) is 0 Å². The van der Waals surface area contributed by atoms with Crippen LogP contribution >= 0.6 is 0 Å². The highest BCUT2D eigenvalue weighted by molar-refractivity contribution is 5.81. The first-order valence-electron chi connectivity index (χ1n) is 37.0. The topological polar surface area (TPSA) is 210 Å². The van der Waals surface area contributed by atoms with Gasteiger partial charge in [-0.05, 0) is 303 Å². The van der Waals surface area contributed by atoms with E-state index in [1.807, 2.05) is 69.2 Å². The van der Waals surface area contributed by atoms with E-state index >= 15 is 0 Å².